The Bertz CT molecular complexity index is 1140. The Balaban J connectivity index is 1.58. The molecule has 33 heavy (non-hydrogen) atoms. The van der Waals surface area contributed by atoms with Gasteiger partial charge in [-0.3, -0.25) is 0 Å². The SMILES string of the molecule is CC12C=CC=CC1[C@@](S)(Nc1ncnc3[nH]c(C(F)(F)F)cc13)C(C=[N+]1CCOCC1)CO2. The van der Waals surface area contributed by atoms with Crippen molar-refractivity contribution in [2.24, 2.45) is 11.8 Å². The molecule has 4 atom stereocenters. The van der Waals surface area contributed by atoms with E-state index in [1.165, 1.54) is 6.33 Å². The number of halogens is 3. The average molecular weight is 481 g/mol. The summed E-state index contributed by atoms with van der Waals surface area (Å²) in [6, 6.07) is 1.03. The van der Waals surface area contributed by atoms with E-state index >= 15 is 0 Å². The smallest absolute Gasteiger partial charge is 0.369 e. The predicted octanol–water partition coefficient (Wildman–Crippen LogP) is 3.28. The van der Waals surface area contributed by atoms with Crippen LogP contribution in [0.2, 0.25) is 0 Å². The molecule has 0 spiro atoms. The Kier molecular flexibility index (Phi) is 5.53. The summed E-state index contributed by atoms with van der Waals surface area (Å²) in [5.74, 6) is -0.131. The minimum absolute atomic E-state index is 0.111. The van der Waals surface area contributed by atoms with Gasteiger partial charge >= 0.3 is 6.18 Å². The van der Waals surface area contributed by atoms with Gasteiger partial charge in [0, 0.05) is 5.92 Å². The van der Waals surface area contributed by atoms with Crippen LogP contribution in [0.3, 0.4) is 0 Å². The molecular formula is C22H25F3N5O2S+. The summed E-state index contributed by atoms with van der Waals surface area (Å²) in [6.07, 6.45) is 6.71. The molecule has 2 aromatic rings. The molecule has 2 aliphatic heterocycles. The van der Waals surface area contributed by atoms with Gasteiger partial charge in [-0.2, -0.15) is 13.2 Å². The maximum atomic E-state index is 13.3. The molecule has 2 fully saturated rings. The van der Waals surface area contributed by atoms with E-state index in [-0.39, 0.29) is 28.7 Å². The van der Waals surface area contributed by atoms with Crippen molar-refractivity contribution in [3.05, 3.63) is 42.4 Å². The zero-order valence-corrected chi connectivity index (χ0v) is 18.9. The molecule has 0 aromatic carbocycles. The van der Waals surface area contributed by atoms with E-state index in [2.05, 4.69) is 31.1 Å². The molecule has 0 bridgehead atoms. The Hall–Kier alpha value is -2.37. The van der Waals surface area contributed by atoms with Crippen LogP contribution in [0.1, 0.15) is 12.6 Å². The number of H-pyrrole nitrogens is 1. The highest BCUT2D eigenvalue weighted by molar-refractivity contribution is 7.82. The number of rotatable bonds is 3. The number of anilines is 1. The maximum absolute atomic E-state index is 13.3. The summed E-state index contributed by atoms with van der Waals surface area (Å²) in [5, 5.41) is 3.66. The fraction of sp³-hybridized carbons (Fsp3) is 0.500. The number of nitrogens with zero attached hydrogens (tertiary/aromatic N) is 3. The standard InChI is InChI=1S/C22H24F3N5O2S/c1-20-5-3-2-4-16(20)21(33,14(12-32-20)11-30-6-8-31-9-7-30)29-19-15-10-17(22(23,24)25)28-18(15)26-13-27-19/h2-5,10-11,13-14,16H,6-9,12H2,1H3,(H2-,26,27,28,29,33)/p+1/t14?,16?,20?,21-/m1/s1. The van der Waals surface area contributed by atoms with Crippen molar-refractivity contribution in [2.75, 3.05) is 38.2 Å². The normalized spacial score (nSPS) is 32.1. The van der Waals surface area contributed by atoms with Gasteiger partial charge in [-0.15, -0.1) is 12.6 Å². The molecule has 0 amide bonds. The molecule has 7 nitrogen and oxygen atoms in total. The number of hydrogen-bond donors (Lipinski definition) is 3. The quantitative estimate of drug-likeness (QED) is 0.357. The number of allylic oxidation sites excluding steroid dienone is 2. The van der Waals surface area contributed by atoms with Crippen LogP contribution in [0.4, 0.5) is 19.0 Å². The van der Waals surface area contributed by atoms with Crippen molar-refractivity contribution >= 4 is 35.7 Å². The van der Waals surface area contributed by atoms with Crippen molar-refractivity contribution in [2.45, 2.75) is 23.6 Å². The monoisotopic (exact) mass is 480 g/mol. The minimum atomic E-state index is -4.52. The number of aromatic nitrogens is 3. The Morgan fingerprint density at radius 1 is 1.27 bits per heavy atom. The Morgan fingerprint density at radius 2 is 2.06 bits per heavy atom. The lowest BCUT2D eigenvalue weighted by atomic mass is 9.72. The lowest BCUT2D eigenvalue weighted by molar-refractivity contribution is -0.547. The number of alkyl halides is 3. The van der Waals surface area contributed by atoms with Crippen LogP contribution in [-0.4, -0.2) is 69.1 Å². The first-order chi connectivity index (χ1) is 15.7. The lowest BCUT2D eigenvalue weighted by Crippen LogP contribution is -2.62. The van der Waals surface area contributed by atoms with Crippen LogP contribution in [0.15, 0.2) is 36.7 Å². The number of hydrogen-bond acceptors (Lipinski definition) is 6. The molecule has 4 heterocycles. The topological polar surface area (TPSA) is 75.1 Å². The van der Waals surface area contributed by atoms with Gasteiger partial charge in [-0.25, -0.2) is 14.5 Å². The summed E-state index contributed by atoms with van der Waals surface area (Å²) in [5.41, 5.74) is -1.39. The van der Waals surface area contributed by atoms with E-state index in [1.54, 1.807) is 0 Å². The third-order valence-corrected chi connectivity index (χ3v) is 7.28. The zero-order valence-electron chi connectivity index (χ0n) is 18.0. The molecule has 1 aliphatic carbocycles. The Labute approximate surface area is 194 Å². The number of aromatic amines is 1. The molecule has 0 radical (unpaired) electrons. The van der Waals surface area contributed by atoms with Gasteiger partial charge in [0.25, 0.3) is 0 Å². The van der Waals surface area contributed by atoms with Crippen LogP contribution in [0.25, 0.3) is 11.0 Å². The Morgan fingerprint density at radius 3 is 2.82 bits per heavy atom. The number of thiol groups is 1. The first-order valence-corrected chi connectivity index (χ1v) is 11.2. The highest BCUT2D eigenvalue weighted by atomic mass is 32.1. The first kappa shape index (κ1) is 22.4. The fourth-order valence-corrected chi connectivity index (χ4v) is 5.34. The summed E-state index contributed by atoms with van der Waals surface area (Å²) in [4.78, 5) is 9.73. The molecule has 2 saturated heterocycles. The highest BCUT2D eigenvalue weighted by Crippen LogP contribution is 2.48. The molecule has 2 aromatic heterocycles. The van der Waals surface area contributed by atoms with Gasteiger partial charge in [0.2, 0.25) is 0 Å². The molecule has 11 heteroatoms. The molecule has 2 N–H and O–H groups in total. The van der Waals surface area contributed by atoms with Crippen molar-refractivity contribution in [1.29, 1.82) is 0 Å². The van der Waals surface area contributed by atoms with E-state index in [1.807, 2.05) is 31.2 Å². The lowest BCUT2D eigenvalue weighted by Gasteiger charge is -2.52. The number of morpholine rings is 1. The third kappa shape index (κ3) is 4.06. The second-order valence-electron chi connectivity index (χ2n) is 8.74. The highest BCUT2D eigenvalue weighted by Gasteiger charge is 2.55. The predicted molar refractivity (Wildman–Crippen MR) is 121 cm³/mol. The minimum Gasteiger partial charge on any atom is -0.369 e. The molecule has 0 saturated carbocycles. The molecular weight excluding hydrogens is 455 g/mol. The summed E-state index contributed by atoms with van der Waals surface area (Å²) in [6.45, 7) is 5.15. The maximum Gasteiger partial charge on any atom is 0.431 e. The van der Waals surface area contributed by atoms with Crippen LogP contribution in [-0.2, 0) is 15.7 Å². The van der Waals surface area contributed by atoms with E-state index in [4.69, 9.17) is 22.1 Å². The van der Waals surface area contributed by atoms with Gasteiger partial charge in [0.15, 0.2) is 13.1 Å². The molecule has 3 unspecified atom stereocenters. The first-order valence-electron chi connectivity index (χ1n) is 10.8. The van der Waals surface area contributed by atoms with Gasteiger partial charge < -0.3 is 19.8 Å². The average Bonchev–Trinajstić information content (AvgIpc) is 3.23. The van der Waals surface area contributed by atoms with Gasteiger partial charge in [-0.05, 0) is 13.0 Å². The van der Waals surface area contributed by atoms with E-state index in [9.17, 15) is 13.2 Å². The van der Waals surface area contributed by atoms with Crippen molar-refractivity contribution in [3.8, 4) is 0 Å². The molecule has 5 rings (SSSR count). The largest absolute Gasteiger partial charge is 0.431 e. The van der Waals surface area contributed by atoms with Crippen molar-refractivity contribution in [3.63, 3.8) is 0 Å². The second-order valence-corrected chi connectivity index (χ2v) is 9.48. The van der Waals surface area contributed by atoms with Crippen molar-refractivity contribution < 1.29 is 27.2 Å². The van der Waals surface area contributed by atoms with Gasteiger partial charge in [-0.1, -0.05) is 24.3 Å². The number of ether oxygens (including phenoxy) is 2. The number of nitrogens with one attached hydrogen (secondary N) is 2. The van der Waals surface area contributed by atoms with Crippen molar-refractivity contribution in [1.82, 2.24) is 15.0 Å². The fourth-order valence-electron chi connectivity index (χ4n) is 4.76. The molecule has 3 aliphatic rings. The van der Waals surface area contributed by atoms with Crippen LogP contribution >= 0.6 is 12.6 Å². The summed E-state index contributed by atoms with van der Waals surface area (Å²) >= 11 is 5.16. The van der Waals surface area contributed by atoms with E-state index < -0.39 is 22.3 Å². The zero-order chi connectivity index (χ0) is 23.3. The van der Waals surface area contributed by atoms with Crippen LogP contribution in [0.5, 0.6) is 0 Å². The summed E-state index contributed by atoms with van der Waals surface area (Å²) in [7, 11) is 0. The third-order valence-electron chi connectivity index (χ3n) is 6.56. The second kappa shape index (κ2) is 8.14. The van der Waals surface area contributed by atoms with E-state index in [0.29, 0.717) is 19.8 Å². The summed E-state index contributed by atoms with van der Waals surface area (Å²) < 4.78 is 53.9. The van der Waals surface area contributed by atoms with Crippen LogP contribution < -0.4 is 5.32 Å². The van der Waals surface area contributed by atoms with Crippen LogP contribution in [0, 0.1) is 11.8 Å². The van der Waals surface area contributed by atoms with Gasteiger partial charge in [0.05, 0.1) is 23.5 Å². The number of fused-ring (bicyclic) bond motifs is 2. The van der Waals surface area contributed by atoms with E-state index in [0.717, 1.165) is 19.2 Å². The van der Waals surface area contributed by atoms with Gasteiger partial charge in [0.1, 0.15) is 47.8 Å². The molecule has 176 valence electrons.